The Labute approximate surface area is 163 Å². The number of nitrogens with zero attached hydrogens (tertiary/aromatic N) is 2. The molecular formula is C23H22FN3O. The smallest absolute Gasteiger partial charge is 0.257 e. The van der Waals surface area contributed by atoms with Gasteiger partial charge in [0.1, 0.15) is 0 Å². The van der Waals surface area contributed by atoms with Gasteiger partial charge in [0.25, 0.3) is 5.91 Å². The lowest BCUT2D eigenvalue weighted by Gasteiger charge is -2.07. The van der Waals surface area contributed by atoms with Crippen LogP contribution in [0.5, 0.6) is 0 Å². The zero-order chi connectivity index (χ0) is 19.3. The van der Waals surface area contributed by atoms with E-state index in [-0.39, 0.29) is 12.6 Å². The lowest BCUT2D eigenvalue weighted by Crippen LogP contribution is -2.12. The van der Waals surface area contributed by atoms with Gasteiger partial charge in [-0.2, -0.15) is 0 Å². The minimum Gasteiger partial charge on any atom is -0.347 e. The fourth-order valence-electron chi connectivity index (χ4n) is 3.56. The van der Waals surface area contributed by atoms with Gasteiger partial charge in [-0.25, -0.2) is 0 Å². The van der Waals surface area contributed by atoms with Gasteiger partial charge in [-0.1, -0.05) is 36.4 Å². The van der Waals surface area contributed by atoms with Crippen molar-refractivity contribution in [2.75, 3.05) is 12.0 Å². The maximum Gasteiger partial charge on any atom is 0.257 e. The number of hydrogen-bond acceptors (Lipinski definition) is 2. The number of fused-ring (bicyclic) bond motifs is 2. The minimum atomic E-state index is -0.279. The molecule has 0 spiro atoms. The molecule has 0 aliphatic carbocycles. The second kappa shape index (κ2) is 8.21. The Balaban J connectivity index is 1.63. The summed E-state index contributed by atoms with van der Waals surface area (Å²) in [4.78, 5) is 17.5. The van der Waals surface area contributed by atoms with Crippen molar-refractivity contribution in [3.63, 3.8) is 0 Å². The van der Waals surface area contributed by atoms with Crippen molar-refractivity contribution in [3.05, 3.63) is 72.6 Å². The van der Waals surface area contributed by atoms with E-state index in [1.807, 2.05) is 60.8 Å². The first kappa shape index (κ1) is 18.2. The molecule has 1 amide bonds. The number of aryl methyl sites for hydroxylation is 1. The number of anilines is 1. The SMILES string of the molecule is O=C(Nc1cccc2cccnc12)c1cn(CCCCCF)c2ccccc12. The molecule has 4 aromatic rings. The molecule has 0 aliphatic rings. The highest BCUT2D eigenvalue weighted by atomic mass is 19.1. The van der Waals surface area contributed by atoms with Crippen LogP contribution in [0.15, 0.2) is 67.0 Å². The van der Waals surface area contributed by atoms with E-state index in [9.17, 15) is 9.18 Å². The number of unbranched alkanes of at least 4 members (excludes halogenated alkanes) is 2. The van der Waals surface area contributed by atoms with E-state index in [4.69, 9.17) is 0 Å². The van der Waals surface area contributed by atoms with Gasteiger partial charge in [0.15, 0.2) is 0 Å². The van der Waals surface area contributed by atoms with E-state index >= 15 is 0 Å². The average Bonchev–Trinajstić information content (AvgIpc) is 3.10. The Kier molecular flexibility index (Phi) is 5.33. The van der Waals surface area contributed by atoms with Gasteiger partial charge in [0.05, 0.1) is 23.4 Å². The van der Waals surface area contributed by atoms with Crippen LogP contribution in [0, 0.1) is 0 Å². The van der Waals surface area contributed by atoms with Gasteiger partial charge in [-0.05, 0) is 37.5 Å². The molecule has 0 fully saturated rings. The number of halogens is 1. The predicted molar refractivity (Wildman–Crippen MR) is 111 cm³/mol. The first-order chi connectivity index (χ1) is 13.8. The number of carbonyl (C=O) groups is 1. The Morgan fingerprint density at radius 2 is 1.86 bits per heavy atom. The molecule has 0 saturated heterocycles. The molecule has 2 aromatic heterocycles. The van der Waals surface area contributed by atoms with Crippen LogP contribution in [0.1, 0.15) is 29.6 Å². The molecular weight excluding hydrogens is 353 g/mol. The third kappa shape index (κ3) is 3.60. The maximum absolute atomic E-state index is 13.1. The number of aromatic nitrogens is 2. The molecule has 0 atom stereocenters. The van der Waals surface area contributed by atoms with Gasteiger partial charge in [0.2, 0.25) is 0 Å². The zero-order valence-electron chi connectivity index (χ0n) is 15.6. The number of para-hydroxylation sites is 2. The van der Waals surface area contributed by atoms with Crippen LogP contribution in [0.25, 0.3) is 21.8 Å². The molecule has 0 bridgehead atoms. The molecule has 2 aromatic carbocycles. The third-order valence-corrected chi connectivity index (χ3v) is 4.95. The number of alkyl halides is 1. The topological polar surface area (TPSA) is 46.9 Å². The van der Waals surface area contributed by atoms with Crippen LogP contribution in [0.4, 0.5) is 10.1 Å². The highest BCUT2D eigenvalue weighted by Crippen LogP contribution is 2.25. The van der Waals surface area contributed by atoms with Crippen molar-refractivity contribution < 1.29 is 9.18 Å². The molecule has 5 heteroatoms. The molecule has 0 radical (unpaired) electrons. The molecule has 2 heterocycles. The van der Waals surface area contributed by atoms with E-state index in [0.717, 1.165) is 41.2 Å². The summed E-state index contributed by atoms with van der Waals surface area (Å²) in [6.07, 6.45) is 5.93. The maximum atomic E-state index is 13.1. The van der Waals surface area contributed by atoms with Crippen LogP contribution < -0.4 is 5.32 Å². The minimum absolute atomic E-state index is 0.156. The fraction of sp³-hybridized carbons (Fsp3) is 0.217. The van der Waals surface area contributed by atoms with E-state index in [2.05, 4.69) is 14.9 Å². The summed E-state index contributed by atoms with van der Waals surface area (Å²) >= 11 is 0. The predicted octanol–water partition coefficient (Wildman–Crippen LogP) is 5.58. The number of pyridine rings is 1. The number of rotatable bonds is 7. The Hall–Kier alpha value is -3.21. The largest absolute Gasteiger partial charge is 0.347 e. The van der Waals surface area contributed by atoms with Crippen LogP contribution >= 0.6 is 0 Å². The monoisotopic (exact) mass is 375 g/mol. The zero-order valence-corrected chi connectivity index (χ0v) is 15.6. The van der Waals surface area contributed by atoms with E-state index in [0.29, 0.717) is 17.7 Å². The standard InChI is InChI=1S/C23H22FN3O/c24-13-4-1-5-15-27-16-19(18-10-2-3-12-21(18)27)23(28)26-20-11-6-8-17-9-7-14-25-22(17)20/h2-3,6-12,14,16H,1,4-5,13,15H2,(H,26,28). The van der Waals surface area contributed by atoms with Crippen molar-refractivity contribution >= 4 is 33.4 Å². The normalized spacial score (nSPS) is 11.2. The molecule has 0 unspecified atom stereocenters. The highest BCUT2D eigenvalue weighted by molar-refractivity contribution is 6.14. The van der Waals surface area contributed by atoms with Gasteiger partial charge in [0, 0.05) is 35.2 Å². The van der Waals surface area contributed by atoms with E-state index < -0.39 is 0 Å². The Bertz CT molecular complexity index is 1110. The van der Waals surface area contributed by atoms with Crippen LogP contribution in [0.3, 0.4) is 0 Å². The first-order valence-electron chi connectivity index (χ1n) is 9.57. The molecule has 1 N–H and O–H groups in total. The summed E-state index contributed by atoms with van der Waals surface area (Å²) in [5, 5.41) is 4.92. The second-order valence-electron chi connectivity index (χ2n) is 6.84. The molecule has 28 heavy (non-hydrogen) atoms. The van der Waals surface area contributed by atoms with Crippen molar-refractivity contribution in [2.45, 2.75) is 25.8 Å². The molecule has 4 rings (SSSR count). The summed E-state index contributed by atoms with van der Waals surface area (Å²) < 4.78 is 14.4. The van der Waals surface area contributed by atoms with Crippen molar-refractivity contribution in [1.82, 2.24) is 9.55 Å². The second-order valence-corrected chi connectivity index (χ2v) is 6.84. The number of nitrogens with one attached hydrogen (secondary N) is 1. The summed E-state index contributed by atoms with van der Waals surface area (Å²) in [7, 11) is 0. The highest BCUT2D eigenvalue weighted by Gasteiger charge is 2.16. The van der Waals surface area contributed by atoms with Gasteiger partial charge < -0.3 is 9.88 Å². The lowest BCUT2D eigenvalue weighted by atomic mass is 10.1. The quantitative estimate of drug-likeness (QED) is 0.429. The van der Waals surface area contributed by atoms with Crippen LogP contribution in [-0.2, 0) is 6.54 Å². The molecule has 142 valence electrons. The third-order valence-electron chi connectivity index (χ3n) is 4.95. The van der Waals surface area contributed by atoms with Crippen LogP contribution in [0.2, 0.25) is 0 Å². The van der Waals surface area contributed by atoms with E-state index in [1.165, 1.54) is 0 Å². The Morgan fingerprint density at radius 1 is 1.00 bits per heavy atom. The summed E-state index contributed by atoms with van der Waals surface area (Å²) in [6, 6.07) is 17.5. The van der Waals surface area contributed by atoms with Crippen LogP contribution in [-0.4, -0.2) is 22.1 Å². The number of hydrogen-bond donors (Lipinski definition) is 1. The summed E-state index contributed by atoms with van der Waals surface area (Å²) in [6.45, 7) is 0.489. The molecule has 0 saturated carbocycles. The summed E-state index contributed by atoms with van der Waals surface area (Å²) in [5.74, 6) is -0.156. The fourth-order valence-corrected chi connectivity index (χ4v) is 3.56. The first-order valence-corrected chi connectivity index (χ1v) is 9.57. The van der Waals surface area contributed by atoms with Gasteiger partial charge in [-0.15, -0.1) is 0 Å². The lowest BCUT2D eigenvalue weighted by molar-refractivity contribution is 0.102. The summed E-state index contributed by atoms with van der Waals surface area (Å²) in [5.41, 5.74) is 3.12. The van der Waals surface area contributed by atoms with Gasteiger partial charge in [-0.3, -0.25) is 14.2 Å². The average molecular weight is 375 g/mol. The molecule has 4 nitrogen and oxygen atoms in total. The van der Waals surface area contributed by atoms with Gasteiger partial charge >= 0.3 is 0 Å². The van der Waals surface area contributed by atoms with Crippen molar-refractivity contribution in [1.29, 1.82) is 0 Å². The number of amides is 1. The van der Waals surface area contributed by atoms with E-state index in [1.54, 1.807) is 6.20 Å². The van der Waals surface area contributed by atoms with Crippen molar-refractivity contribution in [3.8, 4) is 0 Å². The van der Waals surface area contributed by atoms with Crippen molar-refractivity contribution in [2.24, 2.45) is 0 Å². The molecule has 0 aliphatic heterocycles. The number of carbonyl (C=O) groups excluding carboxylic acids is 1. The number of benzene rings is 2. The Morgan fingerprint density at radius 3 is 2.75 bits per heavy atom.